The van der Waals surface area contributed by atoms with Crippen molar-refractivity contribution in [3.05, 3.63) is 64.8 Å². The number of guanidine groups is 1. The van der Waals surface area contributed by atoms with Crippen molar-refractivity contribution < 1.29 is 9.90 Å². The normalized spacial score (nSPS) is 12.4. The van der Waals surface area contributed by atoms with Gasteiger partial charge in [-0.25, -0.2) is 19.8 Å². The van der Waals surface area contributed by atoms with Crippen molar-refractivity contribution in [1.29, 1.82) is 0 Å². The highest BCUT2D eigenvalue weighted by atomic mass is 16.4. The Labute approximate surface area is 156 Å². The number of nitrogens with zero attached hydrogens (tertiary/aromatic N) is 4. The number of benzene rings is 2. The van der Waals surface area contributed by atoms with Crippen LogP contribution in [0, 0.1) is 13.8 Å². The number of hydrogen-bond acceptors (Lipinski definition) is 4. The highest BCUT2D eigenvalue weighted by Gasteiger charge is 2.11. The molecule has 0 amide bonds. The summed E-state index contributed by atoms with van der Waals surface area (Å²) in [6, 6.07) is 12.5. The first-order valence-electron chi connectivity index (χ1n) is 8.32. The van der Waals surface area contributed by atoms with Crippen molar-refractivity contribution >= 4 is 34.5 Å². The third kappa shape index (κ3) is 3.98. The van der Waals surface area contributed by atoms with Gasteiger partial charge >= 0.3 is 5.97 Å². The van der Waals surface area contributed by atoms with Crippen LogP contribution in [0.2, 0.25) is 0 Å². The first-order chi connectivity index (χ1) is 12.8. The molecule has 0 unspecified atom stereocenters. The smallest absolute Gasteiger partial charge is 0.336 e. The van der Waals surface area contributed by atoms with Gasteiger partial charge in [0.1, 0.15) is 0 Å². The number of carboxylic acid groups (broad SMARTS) is 1. The molecule has 0 fully saturated rings. The number of fused-ring (bicyclic) bond motifs is 1. The number of aromatic carboxylic acids is 1. The lowest BCUT2D eigenvalue weighted by Gasteiger charge is -2.06. The van der Waals surface area contributed by atoms with E-state index in [-0.39, 0.29) is 17.5 Å². The third-order valence-electron chi connectivity index (χ3n) is 4.07. The van der Waals surface area contributed by atoms with Gasteiger partial charge in [0.2, 0.25) is 5.96 Å². The molecule has 7 heteroatoms. The molecule has 0 spiro atoms. The molecule has 0 saturated heterocycles. The Morgan fingerprint density at radius 1 is 1.07 bits per heavy atom. The van der Waals surface area contributed by atoms with Gasteiger partial charge in [-0.15, -0.1) is 0 Å². The Morgan fingerprint density at radius 3 is 2.48 bits per heavy atom. The number of aliphatic imine (C=N–C) groups is 2. The highest BCUT2D eigenvalue weighted by molar-refractivity contribution is 6.11. The Hall–Kier alpha value is -3.61. The Bertz CT molecular complexity index is 1100. The first kappa shape index (κ1) is 18.2. The minimum atomic E-state index is -1.03. The van der Waals surface area contributed by atoms with Crippen molar-refractivity contribution in [1.82, 2.24) is 9.97 Å². The van der Waals surface area contributed by atoms with Gasteiger partial charge < -0.3 is 10.8 Å². The summed E-state index contributed by atoms with van der Waals surface area (Å²) in [5, 5.41) is 10.3. The van der Waals surface area contributed by atoms with Crippen molar-refractivity contribution in [3.63, 3.8) is 0 Å². The predicted molar refractivity (Wildman–Crippen MR) is 106 cm³/mol. The van der Waals surface area contributed by atoms with Crippen LogP contribution in [0.4, 0.5) is 5.95 Å². The Kier molecular flexibility index (Phi) is 4.94. The SMILES string of the molecule is C/C(=N/C(N)=N/c1nc(C)c2cc(C)ccc2n1)c1ccccc1C(=O)O. The maximum absolute atomic E-state index is 11.4. The minimum absolute atomic E-state index is 0.0430. The number of aryl methyl sites for hydroxylation is 2. The van der Waals surface area contributed by atoms with E-state index >= 15 is 0 Å². The molecule has 136 valence electrons. The Balaban J connectivity index is 1.98. The van der Waals surface area contributed by atoms with Crippen LogP contribution >= 0.6 is 0 Å². The summed E-state index contributed by atoms with van der Waals surface area (Å²) in [6.45, 7) is 5.57. The fourth-order valence-corrected chi connectivity index (χ4v) is 2.77. The van der Waals surface area contributed by atoms with E-state index in [1.54, 1.807) is 25.1 Å². The number of hydrogen-bond donors (Lipinski definition) is 2. The zero-order chi connectivity index (χ0) is 19.6. The van der Waals surface area contributed by atoms with E-state index in [1.165, 1.54) is 6.07 Å². The molecular formula is C20H19N5O2. The lowest BCUT2D eigenvalue weighted by atomic mass is 10.0. The molecule has 1 aromatic heterocycles. The van der Waals surface area contributed by atoms with E-state index < -0.39 is 5.97 Å². The van der Waals surface area contributed by atoms with Gasteiger partial charge in [0.25, 0.3) is 5.95 Å². The monoisotopic (exact) mass is 361 g/mol. The lowest BCUT2D eigenvalue weighted by molar-refractivity contribution is 0.0696. The van der Waals surface area contributed by atoms with E-state index in [9.17, 15) is 9.90 Å². The predicted octanol–water partition coefficient (Wildman–Crippen LogP) is 3.40. The number of nitrogens with two attached hydrogens (primary N) is 1. The molecule has 3 aromatic rings. The lowest BCUT2D eigenvalue weighted by Crippen LogP contribution is -2.13. The average molecular weight is 361 g/mol. The molecule has 3 rings (SSSR count). The summed E-state index contributed by atoms with van der Waals surface area (Å²) < 4.78 is 0. The van der Waals surface area contributed by atoms with Crippen LogP contribution in [-0.2, 0) is 0 Å². The number of rotatable bonds is 3. The molecular weight excluding hydrogens is 342 g/mol. The molecule has 0 aliphatic rings. The molecule has 7 nitrogen and oxygen atoms in total. The second-order valence-electron chi connectivity index (χ2n) is 6.15. The second-order valence-corrected chi connectivity index (χ2v) is 6.15. The maximum atomic E-state index is 11.4. The molecule has 0 saturated carbocycles. The van der Waals surface area contributed by atoms with E-state index in [0.29, 0.717) is 11.3 Å². The summed E-state index contributed by atoms with van der Waals surface area (Å²) in [4.78, 5) is 28.5. The van der Waals surface area contributed by atoms with Gasteiger partial charge in [0, 0.05) is 16.7 Å². The molecule has 0 atom stereocenters. The largest absolute Gasteiger partial charge is 0.478 e. The fraction of sp³-hybridized carbons (Fsp3) is 0.150. The number of aromatic nitrogens is 2. The summed E-state index contributed by atoms with van der Waals surface area (Å²) in [5.74, 6) is -0.859. The second kappa shape index (κ2) is 7.33. The first-order valence-corrected chi connectivity index (χ1v) is 8.32. The van der Waals surface area contributed by atoms with E-state index in [4.69, 9.17) is 5.73 Å². The van der Waals surface area contributed by atoms with Crippen LogP contribution in [0.15, 0.2) is 52.4 Å². The minimum Gasteiger partial charge on any atom is -0.478 e. The Morgan fingerprint density at radius 2 is 1.78 bits per heavy atom. The van der Waals surface area contributed by atoms with Gasteiger partial charge in [-0.1, -0.05) is 29.8 Å². The molecule has 0 aliphatic heterocycles. The van der Waals surface area contributed by atoms with Gasteiger partial charge in [-0.05, 0) is 39.0 Å². The van der Waals surface area contributed by atoms with Crippen LogP contribution in [0.3, 0.4) is 0 Å². The van der Waals surface area contributed by atoms with Crippen LogP contribution in [0.1, 0.15) is 34.1 Å². The van der Waals surface area contributed by atoms with Crippen LogP contribution < -0.4 is 5.73 Å². The highest BCUT2D eigenvalue weighted by Crippen LogP contribution is 2.20. The third-order valence-corrected chi connectivity index (χ3v) is 4.07. The zero-order valence-corrected chi connectivity index (χ0v) is 15.3. The van der Waals surface area contributed by atoms with E-state index in [0.717, 1.165) is 22.2 Å². The van der Waals surface area contributed by atoms with Gasteiger partial charge in [-0.3, -0.25) is 0 Å². The van der Waals surface area contributed by atoms with Gasteiger partial charge in [0.05, 0.1) is 16.8 Å². The molecule has 0 aliphatic carbocycles. The van der Waals surface area contributed by atoms with Crippen molar-refractivity contribution in [2.75, 3.05) is 0 Å². The molecule has 3 N–H and O–H groups in total. The molecule has 2 aromatic carbocycles. The van der Waals surface area contributed by atoms with E-state index in [2.05, 4.69) is 20.0 Å². The molecule has 0 radical (unpaired) electrons. The summed E-state index contributed by atoms with van der Waals surface area (Å²) in [5.41, 5.74) is 9.70. The van der Waals surface area contributed by atoms with E-state index in [1.807, 2.05) is 32.0 Å². The summed E-state index contributed by atoms with van der Waals surface area (Å²) in [7, 11) is 0. The molecule has 1 heterocycles. The molecule has 27 heavy (non-hydrogen) atoms. The van der Waals surface area contributed by atoms with Gasteiger partial charge in [-0.2, -0.15) is 4.99 Å². The number of carbonyl (C=O) groups is 1. The molecule has 0 bridgehead atoms. The van der Waals surface area contributed by atoms with Crippen LogP contribution in [-0.4, -0.2) is 32.7 Å². The van der Waals surface area contributed by atoms with Crippen molar-refractivity contribution in [2.24, 2.45) is 15.7 Å². The fourth-order valence-electron chi connectivity index (χ4n) is 2.77. The standard InChI is InChI=1S/C20H19N5O2/c1-11-8-9-17-16(10-11)13(3)23-20(24-17)25-19(21)22-12(2)14-6-4-5-7-15(14)18(26)27/h4-10H,1-3H3,(H,26,27)(H2,21,23,24,25)/b22-12-. The van der Waals surface area contributed by atoms with Gasteiger partial charge in [0.15, 0.2) is 0 Å². The summed E-state index contributed by atoms with van der Waals surface area (Å²) >= 11 is 0. The quantitative estimate of drug-likeness (QED) is 0.548. The summed E-state index contributed by atoms with van der Waals surface area (Å²) in [6.07, 6.45) is 0. The van der Waals surface area contributed by atoms with Crippen LogP contribution in [0.5, 0.6) is 0 Å². The topological polar surface area (TPSA) is 114 Å². The maximum Gasteiger partial charge on any atom is 0.336 e. The van der Waals surface area contributed by atoms with Crippen molar-refractivity contribution in [3.8, 4) is 0 Å². The number of carboxylic acids is 1. The average Bonchev–Trinajstić information content (AvgIpc) is 2.62. The van der Waals surface area contributed by atoms with Crippen LogP contribution in [0.25, 0.3) is 10.9 Å². The van der Waals surface area contributed by atoms with Crippen molar-refractivity contribution in [2.45, 2.75) is 20.8 Å². The zero-order valence-electron chi connectivity index (χ0n) is 15.3.